The van der Waals surface area contributed by atoms with Crippen molar-refractivity contribution in [2.75, 3.05) is 0 Å². The average Bonchev–Trinajstić information content (AvgIpc) is 3.11. The van der Waals surface area contributed by atoms with Gasteiger partial charge in [-0.1, -0.05) is 41.6 Å². The minimum atomic E-state index is -0.216. The highest BCUT2D eigenvalue weighted by molar-refractivity contribution is 5.55. The van der Waals surface area contributed by atoms with Gasteiger partial charge in [-0.25, -0.2) is 4.98 Å². The van der Waals surface area contributed by atoms with Crippen LogP contribution >= 0.6 is 0 Å². The van der Waals surface area contributed by atoms with Crippen molar-refractivity contribution in [3.63, 3.8) is 0 Å². The number of benzene rings is 1. The fourth-order valence-corrected chi connectivity index (χ4v) is 2.76. The van der Waals surface area contributed by atoms with Crippen molar-refractivity contribution in [1.82, 2.24) is 19.5 Å². The van der Waals surface area contributed by atoms with E-state index in [-0.39, 0.29) is 11.4 Å². The van der Waals surface area contributed by atoms with Gasteiger partial charge in [0.1, 0.15) is 11.2 Å². The number of hydrogen-bond donors (Lipinski definition) is 0. The molecule has 4 rings (SSSR count). The normalized spacial score (nSPS) is 11.1. The van der Waals surface area contributed by atoms with Gasteiger partial charge in [-0.3, -0.25) is 9.20 Å². The molecule has 0 amide bonds. The van der Waals surface area contributed by atoms with Crippen molar-refractivity contribution in [2.45, 2.75) is 19.8 Å². The van der Waals surface area contributed by atoms with Gasteiger partial charge in [0.2, 0.25) is 0 Å². The maximum Gasteiger partial charge on any atom is 0.270 e. The van der Waals surface area contributed by atoms with Crippen LogP contribution < -0.4 is 5.56 Å². The van der Waals surface area contributed by atoms with E-state index in [1.807, 2.05) is 37.3 Å². The van der Waals surface area contributed by atoms with E-state index in [4.69, 9.17) is 4.52 Å². The summed E-state index contributed by atoms with van der Waals surface area (Å²) in [7, 11) is 0. The van der Waals surface area contributed by atoms with E-state index in [9.17, 15) is 4.79 Å². The summed E-state index contributed by atoms with van der Waals surface area (Å²) in [5.41, 5.74) is 2.85. The molecule has 4 aromatic rings. The number of hydrogen-bond acceptors (Lipinski definition) is 5. The number of aromatic nitrogens is 4. The SMILES string of the molecule is Cc1cccn2c(=O)c(-c3nc(CCc4ccccc4)no3)cnc12. The zero-order chi connectivity index (χ0) is 17.2. The summed E-state index contributed by atoms with van der Waals surface area (Å²) in [6.45, 7) is 1.91. The largest absolute Gasteiger partial charge is 0.334 e. The van der Waals surface area contributed by atoms with Crippen molar-refractivity contribution in [2.24, 2.45) is 0 Å². The van der Waals surface area contributed by atoms with Crippen molar-refractivity contribution in [3.05, 3.63) is 82.2 Å². The molecule has 0 aliphatic rings. The van der Waals surface area contributed by atoms with E-state index in [1.165, 1.54) is 16.2 Å². The Morgan fingerprint density at radius 3 is 2.76 bits per heavy atom. The fourth-order valence-electron chi connectivity index (χ4n) is 2.76. The quantitative estimate of drug-likeness (QED) is 0.574. The molecular weight excluding hydrogens is 316 g/mol. The molecule has 0 bridgehead atoms. The van der Waals surface area contributed by atoms with Gasteiger partial charge in [-0.2, -0.15) is 4.98 Å². The number of aryl methyl sites for hydroxylation is 3. The van der Waals surface area contributed by atoms with E-state index in [0.717, 1.165) is 12.0 Å². The Hall–Kier alpha value is -3.28. The van der Waals surface area contributed by atoms with E-state index in [1.54, 1.807) is 6.20 Å². The molecule has 3 heterocycles. The maximum atomic E-state index is 12.7. The first-order chi connectivity index (χ1) is 12.2. The molecule has 25 heavy (non-hydrogen) atoms. The Labute approximate surface area is 143 Å². The second-order valence-corrected chi connectivity index (χ2v) is 5.86. The lowest BCUT2D eigenvalue weighted by Gasteiger charge is -2.03. The molecule has 0 saturated heterocycles. The second kappa shape index (κ2) is 6.32. The summed E-state index contributed by atoms with van der Waals surface area (Å²) < 4.78 is 6.78. The lowest BCUT2D eigenvalue weighted by Crippen LogP contribution is -2.17. The van der Waals surface area contributed by atoms with E-state index >= 15 is 0 Å². The monoisotopic (exact) mass is 332 g/mol. The lowest BCUT2D eigenvalue weighted by molar-refractivity contribution is 0.421. The molecule has 0 N–H and O–H groups in total. The van der Waals surface area contributed by atoms with Crippen LogP contribution in [0.1, 0.15) is 17.0 Å². The first kappa shape index (κ1) is 15.3. The summed E-state index contributed by atoms with van der Waals surface area (Å²) >= 11 is 0. The van der Waals surface area contributed by atoms with Crippen LogP contribution in [0.15, 0.2) is 64.2 Å². The Morgan fingerprint density at radius 1 is 1.08 bits per heavy atom. The van der Waals surface area contributed by atoms with Crippen molar-refractivity contribution >= 4 is 5.65 Å². The molecule has 0 aliphatic carbocycles. The predicted molar refractivity (Wildman–Crippen MR) is 93.3 cm³/mol. The van der Waals surface area contributed by atoms with Gasteiger partial charge < -0.3 is 4.52 Å². The number of nitrogens with zero attached hydrogens (tertiary/aromatic N) is 4. The molecule has 6 heteroatoms. The molecule has 124 valence electrons. The van der Waals surface area contributed by atoms with Crippen LogP contribution in [0.3, 0.4) is 0 Å². The molecule has 0 atom stereocenters. The third kappa shape index (κ3) is 2.94. The summed E-state index contributed by atoms with van der Waals surface area (Å²) in [4.78, 5) is 21.4. The zero-order valence-electron chi connectivity index (χ0n) is 13.7. The molecule has 0 spiro atoms. The van der Waals surface area contributed by atoms with Crippen LogP contribution in [0.5, 0.6) is 0 Å². The molecule has 0 unspecified atom stereocenters. The first-order valence-corrected chi connectivity index (χ1v) is 8.06. The Balaban J connectivity index is 1.63. The molecule has 1 aromatic carbocycles. The highest BCUT2D eigenvalue weighted by Crippen LogP contribution is 2.14. The average molecular weight is 332 g/mol. The van der Waals surface area contributed by atoms with Crippen LogP contribution in [-0.4, -0.2) is 19.5 Å². The third-order valence-corrected chi connectivity index (χ3v) is 4.11. The van der Waals surface area contributed by atoms with Gasteiger partial charge >= 0.3 is 0 Å². The molecular formula is C19H16N4O2. The predicted octanol–water partition coefficient (Wildman–Crippen LogP) is 2.84. The summed E-state index contributed by atoms with van der Waals surface area (Å²) in [5.74, 6) is 0.782. The summed E-state index contributed by atoms with van der Waals surface area (Å²) in [5, 5.41) is 3.98. The van der Waals surface area contributed by atoms with Crippen molar-refractivity contribution < 1.29 is 4.52 Å². The van der Waals surface area contributed by atoms with E-state index < -0.39 is 0 Å². The molecule has 0 aliphatic heterocycles. The Morgan fingerprint density at radius 2 is 1.92 bits per heavy atom. The summed E-state index contributed by atoms with van der Waals surface area (Å²) in [6.07, 6.45) is 4.65. The standard InChI is InChI=1S/C19H16N4O2/c1-13-6-5-11-23-17(13)20-12-15(19(23)24)18-21-16(22-25-18)10-9-14-7-3-2-4-8-14/h2-8,11-12H,9-10H2,1H3. The first-order valence-electron chi connectivity index (χ1n) is 8.06. The topological polar surface area (TPSA) is 73.3 Å². The highest BCUT2D eigenvalue weighted by atomic mass is 16.5. The van der Waals surface area contributed by atoms with Crippen LogP contribution in [0.4, 0.5) is 0 Å². The third-order valence-electron chi connectivity index (χ3n) is 4.11. The van der Waals surface area contributed by atoms with Crippen molar-refractivity contribution in [3.8, 4) is 11.5 Å². The van der Waals surface area contributed by atoms with Crippen LogP contribution in [0.25, 0.3) is 17.1 Å². The van der Waals surface area contributed by atoms with Crippen molar-refractivity contribution in [1.29, 1.82) is 0 Å². The second-order valence-electron chi connectivity index (χ2n) is 5.86. The number of pyridine rings is 1. The van der Waals surface area contributed by atoms with Crippen LogP contribution in [-0.2, 0) is 12.8 Å². The van der Waals surface area contributed by atoms with Crippen LogP contribution in [0.2, 0.25) is 0 Å². The van der Waals surface area contributed by atoms with Gasteiger partial charge in [0.05, 0.1) is 0 Å². The Kier molecular flexibility index (Phi) is 3.85. The molecule has 3 aromatic heterocycles. The molecule has 6 nitrogen and oxygen atoms in total. The smallest absolute Gasteiger partial charge is 0.270 e. The lowest BCUT2D eigenvalue weighted by atomic mass is 10.1. The zero-order valence-corrected chi connectivity index (χ0v) is 13.7. The Bertz CT molecular complexity index is 1080. The molecule has 0 radical (unpaired) electrons. The highest BCUT2D eigenvalue weighted by Gasteiger charge is 2.15. The van der Waals surface area contributed by atoms with Gasteiger partial charge in [0.25, 0.3) is 11.4 Å². The fraction of sp³-hybridized carbons (Fsp3) is 0.158. The van der Waals surface area contributed by atoms with E-state index in [2.05, 4.69) is 27.3 Å². The maximum absolute atomic E-state index is 12.7. The van der Waals surface area contributed by atoms with Crippen LogP contribution in [0, 0.1) is 6.92 Å². The molecule has 0 saturated carbocycles. The van der Waals surface area contributed by atoms with Gasteiger partial charge in [-0.15, -0.1) is 0 Å². The number of fused-ring (bicyclic) bond motifs is 1. The summed E-state index contributed by atoms with van der Waals surface area (Å²) in [6, 6.07) is 13.8. The minimum Gasteiger partial charge on any atom is -0.334 e. The molecule has 0 fully saturated rings. The van der Waals surface area contributed by atoms with Gasteiger partial charge in [0, 0.05) is 18.8 Å². The van der Waals surface area contributed by atoms with Gasteiger partial charge in [0.15, 0.2) is 5.82 Å². The number of rotatable bonds is 4. The minimum absolute atomic E-state index is 0.205. The van der Waals surface area contributed by atoms with E-state index in [0.29, 0.717) is 23.5 Å². The van der Waals surface area contributed by atoms with Gasteiger partial charge in [-0.05, 0) is 30.5 Å².